The van der Waals surface area contributed by atoms with Crippen LogP contribution in [0.3, 0.4) is 0 Å². The van der Waals surface area contributed by atoms with Crippen molar-refractivity contribution in [1.82, 2.24) is 10.6 Å². The SMILES string of the molecule is CN=C(NCCCCC(C)C)NCCNc1ccc(S(C)(=O)=O)cc1[N+](=O)[O-].I. The highest BCUT2D eigenvalue weighted by molar-refractivity contribution is 14.0. The Hall–Kier alpha value is -1.63. The Labute approximate surface area is 190 Å². The quantitative estimate of drug-likeness (QED) is 0.0982. The molecule has 166 valence electrons. The molecule has 9 nitrogen and oxygen atoms in total. The average molecular weight is 541 g/mol. The van der Waals surface area contributed by atoms with Crippen molar-refractivity contribution >= 4 is 51.1 Å². The highest BCUT2D eigenvalue weighted by Gasteiger charge is 2.18. The van der Waals surface area contributed by atoms with Crippen molar-refractivity contribution in [1.29, 1.82) is 0 Å². The Balaban J connectivity index is 0.00000784. The van der Waals surface area contributed by atoms with Crippen LogP contribution in [-0.2, 0) is 9.84 Å². The van der Waals surface area contributed by atoms with E-state index in [-0.39, 0.29) is 40.2 Å². The zero-order valence-electron chi connectivity index (χ0n) is 17.4. The Bertz CT molecular complexity index is 784. The molecule has 11 heteroatoms. The normalized spacial score (nSPS) is 11.7. The number of unbranched alkanes of at least 4 members (excludes halogenated alkanes) is 1. The number of halogens is 1. The number of hydrogen-bond acceptors (Lipinski definition) is 6. The molecule has 0 unspecified atom stereocenters. The zero-order chi connectivity index (χ0) is 21.2. The molecule has 0 spiro atoms. The van der Waals surface area contributed by atoms with Gasteiger partial charge in [-0.1, -0.05) is 26.7 Å². The van der Waals surface area contributed by atoms with Crippen LogP contribution < -0.4 is 16.0 Å². The molecule has 3 N–H and O–H groups in total. The maximum atomic E-state index is 11.6. The van der Waals surface area contributed by atoms with Gasteiger partial charge < -0.3 is 16.0 Å². The highest BCUT2D eigenvalue weighted by Crippen LogP contribution is 2.27. The van der Waals surface area contributed by atoms with Gasteiger partial charge >= 0.3 is 0 Å². The minimum Gasteiger partial charge on any atom is -0.378 e. The van der Waals surface area contributed by atoms with Gasteiger partial charge in [0, 0.05) is 39.0 Å². The van der Waals surface area contributed by atoms with E-state index < -0.39 is 14.8 Å². The lowest BCUT2D eigenvalue weighted by molar-refractivity contribution is -0.384. The number of rotatable bonds is 11. The Morgan fingerprint density at radius 3 is 2.38 bits per heavy atom. The molecule has 0 aliphatic carbocycles. The number of guanidine groups is 1. The van der Waals surface area contributed by atoms with Gasteiger partial charge in [0.2, 0.25) is 0 Å². The van der Waals surface area contributed by atoms with E-state index >= 15 is 0 Å². The lowest BCUT2D eigenvalue weighted by atomic mass is 10.1. The number of aliphatic imine (C=N–C) groups is 1. The highest BCUT2D eigenvalue weighted by atomic mass is 127. The zero-order valence-corrected chi connectivity index (χ0v) is 20.5. The van der Waals surface area contributed by atoms with Gasteiger partial charge in [-0.15, -0.1) is 24.0 Å². The molecular formula is C18H32IN5O4S. The molecule has 1 aromatic rings. The van der Waals surface area contributed by atoms with Crippen molar-refractivity contribution in [3.8, 4) is 0 Å². The first-order chi connectivity index (χ1) is 13.1. The summed E-state index contributed by atoms with van der Waals surface area (Å²) in [6.45, 7) is 6.15. The van der Waals surface area contributed by atoms with E-state index in [2.05, 4.69) is 34.8 Å². The van der Waals surface area contributed by atoms with Crippen molar-refractivity contribution in [2.45, 2.75) is 38.0 Å². The molecule has 0 amide bonds. The van der Waals surface area contributed by atoms with Crippen LogP contribution in [0.5, 0.6) is 0 Å². The summed E-state index contributed by atoms with van der Waals surface area (Å²) in [6.07, 6.45) is 4.45. The number of sulfone groups is 1. The summed E-state index contributed by atoms with van der Waals surface area (Å²) in [4.78, 5) is 14.7. The molecule has 1 rings (SSSR count). The van der Waals surface area contributed by atoms with E-state index in [1.807, 2.05) is 0 Å². The van der Waals surface area contributed by atoms with Crippen molar-refractivity contribution in [3.05, 3.63) is 28.3 Å². The van der Waals surface area contributed by atoms with Crippen molar-refractivity contribution < 1.29 is 13.3 Å². The standard InChI is InChI=1S/C18H31N5O4S.HI/c1-14(2)7-5-6-10-21-18(19-3)22-12-11-20-16-9-8-15(28(4,26)27)13-17(16)23(24)25;/h8-9,13-14,20H,5-7,10-12H2,1-4H3,(H2,19,21,22);1H. The second kappa shape index (κ2) is 13.6. The number of anilines is 1. The lowest BCUT2D eigenvalue weighted by Gasteiger charge is -2.13. The number of nitrogens with one attached hydrogen (secondary N) is 3. The number of benzene rings is 1. The van der Waals surface area contributed by atoms with E-state index in [1.165, 1.54) is 18.6 Å². The molecule has 0 saturated heterocycles. The maximum absolute atomic E-state index is 11.6. The minimum atomic E-state index is -3.50. The van der Waals surface area contributed by atoms with Gasteiger partial charge in [-0.2, -0.15) is 0 Å². The van der Waals surface area contributed by atoms with Gasteiger partial charge in [-0.25, -0.2) is 8.42 Å². The van der Waals surface area contributed by atoms with Crippen molar-refractivity contribution in [2.24, 2.45) is 10.9 Å². The Morgan fingerprint density at radius 2 is 1.83 bits per heavy atom. The van der Waals surface area contributed by atoms with E-state index in [9.17, 15) is 18.5 Å². The first-order valence-corrected chi connectivity index (χ1v) is 11.2. The van der Waals surface area contributed by atoms with E-state index in [4.69, 9.17) is 0 Å². The summed E-state index contributed by atoms with van der Waals surface area (Å²) >= 11 is 0. The summed E-state index contributed by atoms with van der Waals surface area (Å²) in [5, 5.41) is 20.6. The van der Waals surface area contributed by atoms with Gasteiger partial charge in [0.15, 0.2) is 15.8 Å². The fourth-order valence-corrected chi connectivity index (χ4v) is 3.17. The van der Waals surface area contributed by atoms with Gasteiger partial charge in [0.25, 0.3) is 5.69 Å². The molecule has 0 aliphatic heterocycles. The maximum Gasteiger partial charge on any atom is 0.293 e. The third kappa shape index (κ3) is 10.6. The summed E-state index contributed by atoms with van der Waals surface area (Å²) in [5.74, 6) is 1.38. The van der Waals surface area contributed by atoms with E-state index in [0.29, 0.717) is 25.0 Å². The molecule has 0 saturated carbocycles. The van der Waals surface area contributed by atoms with Gasteiger partial charge in [0.1, 0.15) is 5.69 Å². The molecule has 0 aromatic heterocycles. The number of nitro groups is 1. The molecule has 0 atom stereocenters. The summed E-state index contributed by atoms with van der Waals surface area (Å²) in [6, 6.07) is 3.84. The fourth-order valence-electron chi connectivity index (χ4n) is 2.53. The molecular weight excluding hydrogens is 509 g/mol. The number of nitro benzene ring substituents is 1. The molecule has 1 aromatic carbocycles. The van der Waals surface area contributed by atoms with Gasteiger partial charge in [0.05, 0.1) is 9.82 Å². The van der Waals surface area contributed by atoms with Gasteiger partial charge in [-0.05, 0) is 24.5 Å². The monoisotopic (exact) mass is 541 g/mol. The molecule has 0 bridgehead atoms. The van der Waals surface area contributed by atoms with Crippen LogP contribution >= 0.6 is 24.0 Å². The third-order valence-corrected chi connectivity index (χ3v) is 5.16. The molecule has 0 radical (unpaired) electrons. The second-order valence-corrected chi connectivity index (χ2v) is 8.97. The lowest BCUT2D eigenvalue weighted by Crippen LogP contribution is -2.39. The van der Waals surface area contributed by atoms with Crippen LogP contribution in [0, 0.1) is 16.0 Å². The van der Waals surface area contributed by atoms with Crippen LogP contribution in [0.1, 0.15) is 33.1 Å². The number of nitrogens with zero attached hydrogens (tertiary/aromatic N) is 2. The predicted molar refractivity (Wildman–Crippen MR) is 128 cm³/mol. The Morgan fingerprint density at radius 1 is 1.17 bits per heavy atom. The average Bonchev–Trinajstić information content (AvgIpc) is 2.61. The second-order valence-electron chi connectivity index (χ2n) is 6.95. The molecule has 0 aliphatic rings. The Kier molecular flexibility index (Phi) is 12.8. The van der Waals surface area contributed by atoms with Crippen LogP contribution in [0.25, 0.3) is 0 Å². The fraction of sp³-hybridized carbons (Fsp3) is 0.611. The van der Waals surface area contributed by atoms with E-state index in [1.54, 1.807) is 7.05 Å². The summed E-state index contributed by atoms with van der Waals surface area (Å²) in [7, 11) is -1.82. The van der Waals surface area contributed by atoms with Crippen LogP contribution in [0.2, 0.25) is 0 Å². The van der Waals surface area contributed by atoms with Crippen LogP contribution in [0.15, 0.2) is 28.1 Å². The van der Waals surface area contributed by atoms with Crippen molar-refractivity contribution in [3.63, 3.8) is 0 Å². The topological polar surface area (TPSA) is 126 Å². The first-order valence-electron chi connectivity index (χ1n) is 9.32. The van der Waals surface area contributed by atoms with E-state index in [0.717, 1.165) is 31.7 Å². The molecule has 29 heavy (non-hydrogen) atoms. The third-order valence-electron chi connectivity index (χ3n) is 4.05. The minimum absolute atomic E-state index is 0. The van der Waals surface area contributed by atoms with Crippen LogP contribution in [-0.4, -0.2) is 52.2 Å². The smallest absolute Gasteiger partial charge is 0.293 e. The molecule has 0 heterocycles. The predicted octanol–water partition coefficient (Wildman–Crippen LogP) is 3.02. The number of hydrogen-bond donors (Lipinski definition) is 3. The largest absolute Gasteiger partial charge is 0.378 e. The van der Waals surface area contributed by atoms with Gasteiger partial charge in [-0.3, -0.25) is 15.1 Å². The summed E-state index contributed by atoms with van der Waals surface area (Å²) < 4.78 is 23.1. The first kappa shape index (κ1) is 27.4. The summed E-state index contributed by atoms with van der Waals surface area (Å²) in [5.41, 5.74) is 0.00594. The molecule has 0 fully saturated rings. The van der Waals surface area contributed by atoms with Crippen molar-refractivity contribution in [2.75, 3.05) is 38.3 Å². The van der Waals surface area contributed by atoms with Crippen LogP contribution in [0.4, 0.5) is 11.4 Å².